The van der Waals surface area contributed by atoms with E-state index < -0.39 is 0 Å². The smallest absolute Gasteiger partial charge is 0.274 e. The van der Waals surface area contributed by atoms with E-state index in [4.69, 9.17) is 5.73 Å². The van der Waals surface area contributed by atoms with Crippen LogP contribution in [0.25, 0.3) is 11.3 Å². The predicted molar refractivity (Wildman–Crippen MR) is 109 cm³/mol. The van der Waals surface area contributed by atoms with Gasteiger partial charge in [0.15, 0.2) is 0 Å². The second kappa shape index (κ2) is 7.27. The fourth-order valence-corrected chi connectivity index (χ4v) is 3.01. The van der Waals surface area contributed by atoms with E-state index in [1.54, 1.807) is 0 Å². The molecule has 0 saturated carbocycles. The number of hydrogen-bond donors (Lipinski definition) is 3. The molecule has 0 bridgehead atoms. The number of aromatic nitrogens is 2. The fourth-order valence-electron chi connectivity index (χ4n) is 3.01. The zero-order valence-corrected chi connectivity index (χ0v) is 15.9. The number of benzene rings is 2. The average Bonchev–Trinajstić information content (AvgIpc) is 2.62. The van der Waals surface area contributed by atoms with E-state index >= 15 is 0 Å². The normalized spacial score (nSPS) is 11.5. The van der Waals surface area contributed by atoms with Gasteiger partial charge in [-0.2, -0.15) is 0 Å². The van der Waals surface area contributed by atoms with Crippen LogP contribution in [-0.2, 0) is 18.3 Å². The standard InChI is InChI=1S/C22H25N3O2/c1-22(2,3)16-12-15(7-4-14-5-8-17(23)9-6-14)20(26)18(13-16)19-21(27)25-11-10-24-19/h5-6,8-13,26H,4,7,23H2,1-3H3,(H,25,27). The number of nitrogens with one attached hydrogen (secondary N) is 1. The highest BCUT2D eigenvalue weighted by atomic mass is 16.3. The third kappa shape index (κ3) is 4.19. The molecule has 0 amide bonds. The van der Waals surface area contributed by atoms with Crippen LogP contribution in [0.15, 0.2) is 53.6 Å². The molecule has 0 fully saturated rings. The van der Waals surface area contributed by atoms with Crippen molar-refractivity contribution in [1.82, 2.24) is 9.97 Å². The second-order valence-corrected chi connectivity index (χ2v) is 7.79. The van der Waals surface area contributed by atoms with Gasteiger partial charge in [-0.1, -0.05) is 39.0 Å². The molecule has 0 aliphatic rings. The van der Waals surface area contributed by atoms with E-state index in [9.17, 15) is 9.90 Å². The van der Waals surface area contributed by atoms with Crippen molar-refractivity contribution in [3.8, 4) is 17.0 Å². The molecule has 4 N–H and O–H groups in total. The van der Waals surface area contributed by atoms with Crippen molar-refractivity contribution in [2.75, 3.05) is 5.73 Å². The van der Waals surface area contributed by atoms with Crippen LogP contribution in [0.4, 0.5) is 5.69 Å². The van der Waals surface area contributed by atoms with Crippen molar-refractivity contribution in [3.05, 3.63) is 75.8 Å². The van der Waals surface area contributed by atoms with Crippen LogP contribution >= 0.6 is 0 Å². The number of aryl methyl sites for hydroxylation is 2. The maximum atomic E-state index is 12.2. The molecule has 3 rings (SSSR count). The largest absolute Gasteiger partial charge is 0.507 e. The summed E-state index contributed by atoms with van der Waals surface area (Å²) in [5, 5.41) is 10.9. The van der Waals surface area contributed by atoms with E-state index in [1.807, 2.05) is 36.4 Å². The summed E-state index contributed by atoms with van der Waals surface area (Å²) in [6, 6.07) is 11.6. The lowest BCUT2D eigenvalue weighted by Crippen LogP contribution is -2.14. The summed E-state index contributed by atoms with van der Waals surface area (Å²) in [6.45, 7) is 6.32. The van der Waals surface area contributed by atoms with E-state index in [2.05, 4.69) is 30.7 Å². The van der Waals surface area contributed by atoms with Crippen LogP contribution < -0.4 is 11.3 Å². The molecule has 1 aromatic heterocycles. The van der Waals surface area contributed by atoms with Gasteiger partial charge in [0.05, 0.1) is 0 Å². The van der Waals surface area contributed by atoms with Crippen LogP contribution in [0.3, 0.4) is 0 Å². The number of aromatic amines is 1. The number of rotatable bonds is 4. The Hall–Kier alpha value is -3.08. The van der Waals surface area contributed by atoms with E-state index in [-0.39, 0.29) is 22.4 Å². The van der Waals surface area contributed by atoms with Crippen LogP contribution in [0.1, 0.15) is 37.5 Å². The van der Waals surface area contributed by atoms with Crippen molar-refractivity contribution < 1.29 is 5.11 Å². The topological polar surface area (TPSA) is 92.0 Å². The molecule has 0 atom stereocenters. The zero-order chi connectivity index (χ0) is 19.6. The highest BCUT2D eigenvalue weighted by Crippen LogP contribution is 2.36. The van der Waals surface area contributed by atoms with Gasteiger partial charge in [-0.15, -0.1) is 0 Å². The highest BCUT2D eigenvalue weighted by Gasteiger charge is 2.21. The highest BCUT2D eigenvalue weighted by molar-refractivity contribution is 5.69. The first-order valence-electron chi connectivity index (χ1n) is 9.00. The monoisotopic (exact) mass is 363 g/mol. The van der Waals surface area contributed by atoms with Gasteiger partial charge in [-0.05, 0) is 53.1 Å². The van der Waals surface area contributed by atoms with Crippen molar-refractivity contribution in [2.45, 2.75) is 39.0 Å². The first-order valence-corrected chi connectivity index (χ1v) is 9.00. The Labute approximate surface area is 158 Å². The maximum absolute atomic E-state index is 12.2. The predicted octanol–water partition coefficient (Wildman–Crippen LogP) is 3.81. The molecule has 1 heterocycles. The number of nitrogens with zero attached hydrogens (tertiary/aromatic N) is 1. The molecular weight excluding hydrogens is 338 g/mol. The third-order valence-electron chi connectivity index (χ3n) is 4.68. The number of anilines is 1. The number of nitrogen functional groups attached to an aromatic ring is 1. The quantitative estimate of drug-likeness (QED) is 0.615. The minimum absolute atomic E-state index is 0.114. The van der Waals surface area contributed by atoms with Gasteiger partial charge in [-0.3, -0.25) is 4.79 Å². The second-order valence-electron chi connectivity index (χ2n) is 7.79. The molecule has 2 aromatic carbocycles. The SMILES string of the molecule is CC(C)(C)c1cc(CCc2ccc(N)cc2)c(O)c(-c2ncc[nH]c2=O)c1. The number of phenolic OH excluding ortho intramolecular Hbond substituents is 1. The minimum Gasteiger partial charge on any atom is -0.507 e. The lowest BCUT2D eigenvalue weighted by molar-refractivity contribution is 0.468. The summed E-state index contributed by atoms with van der Waals surface area (Å²) < 4.78 is 0. The molecule has 0 radical (unpaired) electrons. The molecule has 5 heteroatoms. The average molecular weight is 363 g/mol. The number of phenols is 1. The third-order valence-corrected chi connectivity index (χ3v) is 4.68. The Morgan fingerprint density at radius 1 is 1.11 bits per heavy atom. The number of hydrogen-bond acceptors (Lipinski definition) is 4. The molecule has 3 aromatic rings. The van der Waals surface area contributed by atoms with E-state index in [0.717, 1.165) is 28.8 Å². The molecule has 0 aliphatic heterocycles. The van der Waals surface area contributed by atoms with Gasteiger partial charge in [0, 0.05) is 23.6 Å². The van der Waals surface area contributed by atoms with E-state index in [0.29, 0.717) is 12.0 Å². The van der Waals surface area contributed by atoms with Crippen molar-refractivity contribution in [3.63, 3.8) is 0 Å². The first kappa shape index (κ1) is 18.7. The molecule has 5 nitrogen and oxygen atoms in total. The van der Waals surface area contributed by atoms with Gasteiger partial charge in [-0.25, -0.2) is 4.98 Å². The Morgan fingerprint density at radius 2 is 1.81 bits per heavy atom. The summed E-state index contributed by atoms with van der Waals surface area (Å²) in [7, 11) is 0. The molecule has 0 unspecified atom stereocenters. The number of aromatic hydroxyl groups is 1. The van der Waals surface area contributed by atoms with Crippen molar-refractivity contribution in [1.29, 1.82) is 0 Å². The summed E-state index contributed by atoms with van der Waals surface area (Å²) in [4.78, 5) is 19.0. The molecular formula is C22H25N3O2. The van der Waals surface area contributed by atoms with Gasteiger partial charge in [0.1, 0.15) is 11.4 Å². The van der Waals surface area contributed by atoms with Gasteiger partial charge >= 0.3 is 0 Å². The molecule has 0 saturated heterocycles. The van der Waals surface area contributed by atoms with Crippen molar-refractivity contribution in [2.24, 2.45) is 0 Å². The number of nitrogens with two attached hydrogens (primary N) is 1. The van der Waals surface area contributed by atoms with Gasteiger partial charge in [0.25, 0.3) is 5.56 Å². The Balaban J connectivity index is 2.04. The molecule has 140 valence electrons. The van der Waals surface area contributed by atoms with Crippen molar-refractivity contribution >= 4 is 5.69 Å². The molecule has 0 spiro atoms. The van der Waals surface area contributed by atoms with E-state index in [1.165, 1.54) is 12.4 Å². The van der Waals surface area contributed by atoms with Gasteiger partial charge in [0.2, 0.25) is 0 Å². The number of H-pyrrole nitrogens is 1. The van der Waals surface area contributed by atoms with Gasteiger partial charge < -0.3 is 15.8 Å². The molecule has 27 heavy (non-hydrogen) atoms. The fraction of sp³-hybridized carbons (Fsp3) is 0.273. The Kier molecular flexibility index (Phi) is 5.04. The molecule has 0 aliphatic carbocycles. The van der Waals surface area contributed by atoms with Crippen LogP contribution in [0.5, 0.6) is 5.75 Å². The Morgan fingerprint density at radius 3 is 2.44 bits per heavy atom. The summed E-state index contributed by atoms with van der Waals surface area (Å²) in [5.74, 6) is 0.114. The summed E-state index contributed by atoms with van der Waals surface area (Å²) in [5.41, 5.74) is 9.73. The zero-order valence-electron chi connectivity index (χ0n) is 15.9. The van der Waals surface area contributed by atoms with Crippen LogP contribution in [0.2, 0.25) is 0 Å². The first-order chi connectivity index (χ1) is 12.8. The Bertz CT molecular complexity index is 999. The lowest BCUT2D eigenvalue weighted by atomic mass is 9.83. The maximum Gasteiger partial charge on any atom is 0.274 e. The summed E-state index contributed by atoms with van der Waals surface area (Å²) in [6.07, 6.45) is 4.42. The lowest BCUT2D eigenvalue weighted by Gasteiger charge is -2.22. The summed E-state index contributed by atoms with van der Waals surface area (Å²) >= 11 is 0. The van der Waals surface area contributed by atoms with Crippen LogP contribution in [-0.4, -0.2) is 15.1 Å². The minimum atomic E-state index is -0.316. The van der Waals surface area contributed by atoms with Crippen LogP contribution in [0, 0.1) is 0 Å².